The highest BCUT2D eigenvalue weighted by Gasteiger charge is 2.18. The van der Waals surface area contributed by atoms with Crippen molar-refractivity contribution in [3.63, 3.8) is 0 Å². The van der Waals surface area contributed by atoms with Crippen LogP contribution >= 0.6 is 0 Å². The Labute approximate surface area is 87.5 Å². The van der Waals surface area contributed by atoms with E-state index < -0.39 is 0 Å². The van der Waals surface area contributed by atoms with Crippen molar-refractivity contribution < 1.29 is 0 Å². The van der Waals surface area contributed by atoms with Crippen molar-refractivity contribution in [1.29, 1.82) is 0 Å². The zero-order valence-electron chi connectivity index (χ0n) is 8.57. The van der Waals surface area contributed by atoms with E-state index in [9.17, 15) is 0 Å². The van der Waals surface area contributed by atoms with Crippen molar-refractivity contribution in [2.45, 2.75) is 19.8 Å². The smallest absolute Gasteiger partial charge is 0.240 e. The van der Waals surface area contributed by atoms with Crippen LogP contribution in [0.15, 0.2) is 12.1 Å². The van der Waals surface area contributed by atoms with E-state index in [1.165, 1.54) is 11.1 Å². The molecule has 1 unspecified atom stereocenters. The van der Waals surface area contributed by atoms with E-state index in [0.29, 0.717) is 0 Å². The Hall–Kier alpha value is -1.71. The third-order valence-corrected chi connectivity index (χ3v) is 2.93. The van der Waals surface area contributed by atoms with Crippen LogP contribution in [0.2, 0.25) is 0 Å². The minimum Gasteiger partial charge on any atom is -0.366 e. The molecule has 1 heterocycles. The summed E-state index contributed by atoms with van der Waals surface area (Å²) in [6.45, 7) is 2.26. The van der Waals surface area contributed by atoms with Crippen LogP contribution in [0.3, 0.4) is 0 Å². The van der Waals surface area contributed by atoms with Crippen LogP contribution < -0.4 is 5.73 Å². The maximum Gasteiger partial charge on any atom is 0.240 e. The molecule has 1 aromatic heterocycles. The molecule has 1 atom stereocenters. The van der Waals surface area contributed by atoms with Gasteiger partial charge in [0, 0.05) is 0 Å². The lowest BCUT2D eigenvalue weighted by molar-refractivity contribution is 0.628. The van der Waals surface area contributed by atoms with Gasteiger partial charge < -0.3 is 5.73 Å². The molecule has 2 aromatic rings. The fraction of sp³-hybridized carbons (Fsp3) is 0.364. The zero-order chi connectivity index (χ0) is 10.4. The Kier molecular flexibility index (Phi) is 1.65. The minimum atomic E-state index is 0.244. The maximum absolute atomic E-state index is 5.51. The van der Waals surface area contributed by atoms with Crippen molar-refractivity contribution >= 4 is 17.0 Å². The van der Waals surface area contributed by atoms with E-state index in [-0.39, 0.29) is 5.95 Å². The highest BCUT2D eigenvalue weighted by Crippen LogP contribution is 2.28. The Bertz CT molecular complexity index is 535. The second kappa shape index (κ2) is 2.89. The Morgan fingerprint density at radius 2 is 1.80 bits per heavy atom. The predicted molar refractivity (Wildman–Crippen MR) is 58.3 cm³/mol. The number of benzene rings is 1. The summed E-state index contributed by atoms with van der Waals surface area (Å²) < 4.78 is 0. The molecule has 1 aromatic carbocycles. The van der Waals surface area contributed by atoms with Gasteiger partial charge in [-0.1, -0.05) is 6.92 Å². The molecule has 0 bridgehead atoms. The van der Waals surface area contributed by atoms with Gasteiger partial charge in [0.25, 0.3) is 0 Å². The fourth-order valence-corrected chi connectivity index (χ4v) is 2.29. The van der Waals surface area contributed by atoms with Crippen LogP contribution in [0.25, 0.3) is 11.0 Å². The number of rotatable bonds is 0. The summed E-state index contributed by atoms with van der Waals surface area (Å²) in [4.78, 5) is 4.18. The predicted octanol–water partition coefficient (Wildman–Crippen LogP) is 1.34. The molecule has 4 heteroatoms. The molecule has 1 aliphatic carbocycles. The summed E-state index contributed by atoms with van der Waals surface area (Å²) >= 11 is 0. The summed E-state index contributed by atoms with van der Waals surface area (Å²) in [5, 5.41) is 7.81. The molecule has 0 amide bonds. The molecule has 0 radical (unpaired) electrons. The van der Waals surface area contributed by atoms with E-state index in [2.05, 4.69) is 34.2 Å². The Morgan fingerprint density at radius 3 is 2.53 bits per heavy atom. The van der Waals surface area contributed by atoms with E-state index in [0.717, 1.165) is 29.8 Å². The molecule has 15 heavy (non-hydrogen) atoms. The molecule has 0 spiro atoms. The van der Waals surface area contributed by atoms with Crippen molar-refractivity contribution in [2.75, 3.05) is 5.73 Å². The number of fused-ring (bicyclic) bond motifs is 2. The second-order valence-corrected chi connectivity index (χ2v) is 4.29. The van der Waals surface area contributed by atoms with Crippen LogP contribution in [0.1, 0.15) is 18.1 Å². The van der Waals surface area contributed by atoms with E-state index in [4.69, 9.17) is 5.73 Å². The van der Waals surface area contributed by atoms with Gasteiger partial charge in [0.1, 0.15) is 5.52 Å². The van der Waals surface area contributed by atoms with Gasteiger partial charge in [-0.2, -0.15) is 0 Å². The lowest BCUT2D eigenvalue weighted by atomic mass is 10.1. The summed E-state index contributed by atoms with van der Waals surface area (Å²) in [6, 6.07) is 4.19. The van der Waals surface area contributed by atoms with Crippen LogP contribution in [-0.4, -0.2) is 15.2 Å². The van der Waals surface area contributed by atoms with Gasteiger partial charge in [-0.3, -0.25) is 0 Å². The first-order chi connectivity index (χ1) is 7.22. The molecule has 1 aliphatic rings. The van der Waals surface area contributed by atoms with Gasteiger partial charge in [-0.05, 0) is 42.0 Å². The van der Waals surface area contributed by atoms with Gasteiger partial charge >= 0.3 is 0 Å². The maximum atomic E-state index is 5.51. The number of anilines is 1. The average molecular weight is 200 g/mol. The number of nitrogens with two attached hydrogens (primary N) is 1. The van der Waals surface area contributed by atoms with Gasteiger partial charge in [0.05, 0.1) is 5.52 Å². The van der Waals surface area contributed by atoms with E-state index in [1.807, 2.05) is 0 Å². The third-order valence-electron chi connectivity index (χ3n) is 2.93. The van der Waals surface area contributed by atoms with Crippen molar-refractivity contribution in [3.8, 4) is 0 Å². The van der Waals surface area contributed by atoms with Gasteiger partial charge in [-0.15, -0.1) is 10.2 Å². The van der Waals surface area contributed by atoms with Gasteiger partial charge in [0.15, 0.2) is 0 Å². The number of hydrogen-bond acceptors (Lipinski definition) is 4. The van der Waals surface area contributed by atoms with E-state index in [1.54, 1.807) is 0 Å². The quantitative estimate of drug-likeness (QED) is 0.697. The molecule has 4 nitrogen and oxygen atoms in total. The SMILES string of the molecule is CC1Cc2cc3nnc(N)nc3cc2C1. The lowest BCUT2D eigenvalue weighted by Gasteiger charge is -2.01. The number of nitrogen functional groups attached to an aromatic ring is 1. The summed E-state index contributed by atoms with van der Waals surface area (Å²) in [7, 11) is 0. The van der Waals surface area contributed by atoms with Crippen LogP contribution in [0, 0.1) is 5.92 Å². The van der Waals surface area contributed by atoms with Crippen LogP contribution in [0.5, 0.6) is 0 Å². The standard InChI is InChI=1S/C11H12N4/c1-6-2-7-4-9-10(5-8(7)3-6)14-15-11(12)13-9/h4-6H,2-3H2,1H3,(H2,12,13,15). The normalized spacial score (nSPS) is 19.4. The fourth-order valence-electron chi connectivity index (χ4n) is 2.29. The molecule has 76 valence electrons. The lowest BCUT2D eigenvalue weighted by Crippen LogP contribution is -1.98. The number of aromatic nitrogens is 3. The first-order valence-corrected chi connectivity index (χ1v) is 5.14. The largest absolute Gasteiger partial charge is 0.366 e. The highest BCUT2D eigenvalue weighted by molar-refractivity contribution is 5.76. The minimum absolute atomic E-state index is 0.244. The van der Waals surface area contributed by atoms with Crippen molar-refractivity contribution in [3.05, 3.63) is 23.3 Å². The van der Waals surface area contributed by atoms with Crippen molar-refractivity contribution in [2.24, 2.45) is 5.92 Å². The summed E-state index contributed by atoms with van der Waals surface area (Å²) in [5.41, 5.74) is 9.98. The average Bonchev–Trinajstić information content (AvgIpc) is 2.53. The second-order valence-electron chi connectivity index (χ2n) is 4.29. The Balaban J connectivity index is 2.25. The van der Waals surface area contributed by atoms with Crippen LogP contribution in [-0.2, 0) is 12.8 Å². The number of hydrogen-bond donors (Lipinski definition) is 1. The van der Waals surface area contributed by atoms with Gasteiger partial charge in [-0.25, -0.2) is 4.98 Å². The van der Waals surface area contributed by atoms with E-state index >= 15 is 0 Å². The molecular weight excluding hydrogens is 188 g/mol. The Morgan fingerprint density at radius 1 is 1.13 bits per heavy atom. The molecule has 0 saturated carbocycles. The highest BCUT2D eigenvalue weighted by atomic mass is 15.2. The molecule has 0 aliphatic heterocycles. The number of nitrogens with zero attached hydrogens (tertiary/aromatic N) is 3. The summed E-state index contributed by atoms with van der Waals surface area (Å²) in [5.74, 6) is 0.968. The van der Waals surface area contributed by atoms with Crippen molar-refractivity contribution in [1.82, 2.24) is 15.2 Å². The third kappa shape index (κ3) is 1.33. The molecular formula is C11H12N4. The molecule has 0 fully saturated rings. The summed E-state index contributed by atoms with van der Waals surface area (Å²) in [6.07, 6.45) is 2.27. The molecule has 0 saturated heterocycles. The molecule has 3 rings (SSSR count). The zero-order valence-corrected chi connectivity index (χ0v) is 8.57. The first-order valence-electron chi connectivity index (χ1n) is 5.14. The molecule has 2 N–H and O–H groups in total. The topological polar surface area (TPSA) is 64.7 Å². The first kappa shape index (κ1) is 8.59. The van der Waals surface area contributed by atoms with Crippen LogP contribution in [0.4, 0.5) is 5.95 Å². The van der Waals surface area contributed by atoms with Gasteiger partial charge in [0.2, 0.25) is 5.95 Å². The monoisotopic (exact) mass is 200 g/mol.